The third kappa shape index (κ3) is 4.28. The van der Waals surface area contributed by atoms with Crippen LogP contribution in [0.4, 0.5) is 26.3 Å². The predicted octanol–water partition coefficient (Wildman–Crippen LogP) is 6.31. The molecule has 3 rings (SSSR count). The average Bonchev–Trinajstić information content (AvgIpc) is 2.54. The first-order valence-electron chi connectivity index (χ1n) is 8.36. The highest BCUT2D eigenvalue weighted by Gasteiger charge is 2.33. The minimum absolute atomic E-state index is 0.0788. The quantitative estimate of drug-likeness (QED) is 0.562. The van der Waals surface area contributed by atoms with E-state index in [2.05, 4.69) is 4.74 Å². The zero-order valence-corrected chi connectivity index (χ0v) is 14.3. The van der Waals surface area contributed by atoms with Crippen LogP contribution >= 0.6 is 0 Å². The van der Waals surface area contributed by atoms with E-state index in [-0.39, 0.29) is 18.4 Å². The Hall–Kier alpha value is -2.44. The zero-order valence-electron chi connectivity index (χ0n) is 14.3. The Morgan fingerprint density at radius 2 is 1.63 bits per heavy atom. The second-order valence-electron chi connectivity index (χ2n) is 6.44. The molecule has 1 unspecified atom stereocenters. The number of allylic oxidation sites excluding steroid dienone is 1. The molecular weight excluding hydrogens is 370 g/mol. The summed E-state index contributed by atoms with van der Waals surface area (Å²) < 4.78 is 83.5. The molecule has 144 valence electrons. The maximum Gasteiger partial charge on any atom is 0.573 e. The number of rotatable bonds is 3. The lowest BCUT2D eigenvalue weighted by molar-refractivity contribution is -0.275. The number of aryl methyl sites for hydroxylation is 1. The van der Waals surface area contributed by atoms with Gasteiger partial charge in [0.1, 0.15) is 11.6 Å². The lowest BCUT2D eigenvalue weighted by atomic mass is 9.79. The van der Waals surface area contributed by atoms with Gasteiger partial charge in [0.15, 0.2) is 11.6 Å². The summed E-state index contributed by atoms with van der Waals surface area (Å²) in [7, 11) is 0. The van der Waals surface area contributed by atoms with E-state index >= 15 is 0 Å². The van der Waals surface area contributed by atoms with E-state index in [4.69, 9.17) is 0 Å². The molecule has 0 N–H and O–H groups in total. The molecule has 1 aliphatic rings. The van der Waals surface area contributed by atoms with Gasteiger partial charge in [0, 0.05) is 5.56 Å². The van der Waals surface area contributed by atoms with Crippen molar-refractivity contribution in [1.82, 2.24) is 0 Å². The van der Waals surface area contributed by atoms with Gasteiger partial charge in [-0.25, -0.2) is 13.2 Å². The summed E-state index contributed by atoms with van der Waals surface area (Å²) in [6, 6.07) is 4.42. The van der Waals surface area contributed by atoms with Gasteiger partial charge in [0.05, 0.1) is 0 Å². The molecule has 0 radical (unpaired) electrons. The van der Waals surface area contributed by atoms with Gasteiger partial charge >= 0.3 is 6.36 Å². The summed E-state index contributed by atoms with van der Waals surface area (Å²) in [6.07, 6.45) is -1.02. The molecule has 0 aliphatic heterocycles. The Bertz CT molecular complexity index is 862. The summed E-state index contributed by atoms with van der Waals surface area (Å²) >= 11 is 0. The lowest BCUT2D eigenvalue weighted by Crippen LogP contribution is -2.20. The van der Waals surface area contributed by atoms with Crippen LogP contribution in [-0.2, 0) is 12.8 Å². The van der Waals surface area contributed by atoms with Crippen molar-refractivity contribution in [3.63, 3.8) is 0 Å². The molecule has 1 nitrogen and oxygen atoms in total. The lowest BCUT2D eigenvalue weighted by Gasteiger charge is -2.26. The average molecular weight is 386 g/mol. The van der Waals surface area contributed by atoms with Crippen molar-refractivity contribution < 1.29 is 31.1 Å². The number of hydrogen-bond donors (Lipinski definition) is 0. The van der Waals surface area contributed by atoms with Gasteiger partial charge in [-0.1, -0.05) is 12.2 Å². The SMILES string of the molecule is C/C=C/c1cc(F)c(C2CCc3cc(OC(F)(F)F)c(F)cc3C2)c(F)c1. The van der Waals surface area contributed by atoms with Gasteiger partial charge in [-0.15, -0.1) is 13.2 Å². The van der Waals surface area contributed by atoms with Gasteiger partial charge in [-0.3, -0.25) is 0 Å². The van der Waals surface area contributed by atoms with E-state index in [1.165, 1.54) is 12.1 Å². The Morgan fingerprint density at radius 1 is 0.963 bits per heavy atom. The van der Waals surface area contributed by atoms with Gasteiger partial charge in [0.2, 0.25) is 0 Å². The molecule has 0 amide bonds. The molecule has 2 aromatic carbocycles. The monoisotopic (exact) mass is 386 g/mol. The number of benzene rings is 2. The molecule has 0 saturated heterocycles. The van der Waals surface area contributed by atoms with Crippen LogP contribution < -0.4 is 4.74 Å². The summed E-state index contributed by atoms with van der Waals surface area (Å²) in [5.74, 6) is -3.95. The molecule has 0 aromatic heterocycles. The second-order valence-corrected chi connectivity index (χ2v) is 6.44. The first kappa shape index (κ1) is 19.3. The van der Waals surface area contributed by atoms with Crippen LogP contribution in [0, 0.1) is 17.5 Å². The summed E-state index contributed by atoms with van der Waals surface area (Å²) in [5, 5.41) is 0. The number of alkyl halides is 3. The third-order valence-electron chi connectivity index (χ3n) is 4.58. The highest BCUT2D eigenvalue weighted by Crippen LogP contribution is 2.38. The highest BCUT2D eigenvalue weighted by molar-refractivity contribution is 5.51. The van der Waals surface area contributed by atoms with Gasteiger partial charge in [0.25, 0.3) is 0 Å². The van der Waals surface area contributed by atoms with Gasteiger partial charge in [-0.2, -0.15) is 0 Å². The van der Waals surface area contributed by atoms with Crippen LogP contribution in [0.15, 0.2) is 30.3 Å². The maximum absolute atomic E-state index is 14.4. The maximum atomic E-state index is 14.4. The minimum Gasteiger partial charge on any atom is -0.403 e. The van der Waals surface area contributed by atoms with Crippen molar-refractivity contribution in [3.05, 3.63) is 70.0 Å². The standard InChI is InChI=1S/C20H16F6O/c1-2-3-11-6-16(22)19(17(23)7-11)13-5-4-12-10-18(27-20(24,25)26)15(21)9-14(12)8-13/h2-3,6-7,9-10,13H,4-5,8H2,1H3/b3-2+. The van der Waals surface area contributed by atoms with E-state index in [1.54, 1.807) is 19.1 Å². The van der Waals surface area contributed by atoms with Crippen molar-refractivity contribution in [2.24, 2.45) is 0 Å². The van der Waals surface area contributed by atoms with E-state index in [0.29, 0.717) is 23.1 Å². The molecule has 2 aromatic rings. The number of halogens is 6. The van der Waals surface area contributed by atoms with Crippen molar-refractivity contribution >= 4 is 6.08 Å². The van der Waals surface area contributed by atoms with E-state index in [9.17, 15) is 26.3 Å². The molecule has 1 atom stereocenters. The smallest absolute Gasteiger partial charge is 0.403 e. The van der Waals surface area contributed by atoms with Crippen LogP contribution in [0.5, 0.6) is 5.75 Å². The normalized spacial score (nSPS) is 17.2. The van der Waals surface area contributed by atoms with Crippen LogP contribution in [0.25, 0.3) is 6.08 Å². The highest BCUT2D eigenvalue weighted by atomic mass is 19.4. The summed E-state index contributed by atoms with van der Waals surface area (Å²) in [4.78, 5) is 0. The van der Waals surface area contributed by atoms with E-state index in [1.807, 2.05) is 0 Å². The largest absolute Gasteiger partial charge is 0.573 e. The molecular formula is C20H16F6O. The number of ether oxygens (including phenoxy) is 1. The first-order valence-corrected chi connectivity index (χ1v) is 8.36. The molecule has 0 spiro atoms. The zero-order chi connectivity index (χ0) is 19.8. The van der Waals surface area contributed by atoms with Crippen LogP contribution in [-0.4, -0.2) is 6.36 Å². The fourth-order valence-electron chi connectivity index (χ4n) is 3.49. The topological polar surface area (TPSA) is 9.23 Å². The van der Waals surface area contributed by atoms with Gasteiger partial charge < -0.3 is 4.74 Å². The molecule has 0 heterocycles. The summed E-state index contributed by atoms with van der Waals surface area (Å²) in [6.45, 7) is 1.73. The van der Waals surface area contributed by atoms with E-state index < -0.39 is 35.5 Å². The van der Waals surface area contributed by atoms with Crippen molar-refractivity contribution in [1.29, 1.82) is 0 Å². The number of fused-ring (bicyclic) bond motifs is 1. The Labute approximate surface area is 152 Å². The second kappa shape index (κ2) is 7.29. The minimum atomic E-state index is -4.99. The molecule has 0 fully saturated rings. The van der Waals surface area contributed by atoms with Crippen molar-refractivity contribution in [2.75, 3.05) is 0 Å². The molecule has 7 heteroatoms. The summed E-state index contributed by atoms with van der Waals surface area (Å²) in [5.41, 5.74) is 1.23. The molecule has 1 aliphatic carbocycles. The van der Waals surface area contributed by atoms with Crippen molar-refractivity contribution in [2.45, 2.75) is 38.5 Å². The van der Waals surface area contributed by atoms with Crippen molar-refractivity contribution in [3.8, 4) is 5.75 Å². The molecule has 27 heavy (non-hydrogen) atoms. The predicted molar refractivity (Wildman–Crippen MR) is 88.9 cm³/mol. The Morgan fingerprint density at radius 3 is 2.22 bits per heavy atom. The fourth-order valence-corrected chi connectivity index (χ4v) is 3.49. The van der Waals surface area contributed by atoms with Gasteiger partial charge in [-0.05, 0) is 73.1 Å². The molecule has 0 saturated carbocycles. The van der Waals surface area contributed by atoms with Crippen LogP contribution in [0.3, 0.4) is 0 Å². The van der Waals surface area contributed by atoms with E-state index in [0.717, 1.165) is 12.1 Å². The van der Waals surface area contributed by atoms with Crippen LogP contribution in [0.2, 0.25) is 0 Å². The third-order valence-corrected chi connectivity index (χ3v) is 4.58. The Kier molecular flexibility index (Phi) is 5.22. The molecule has 0 bridgehead atoms. The first-order chi connectivity index (χ1) is 12.7. The van der Waals surface area contributed by atoms with Crippen LogP contribution in [0.1, 0.15) is 41.5 Å². The fraction of sp³-hybridized carbons (Fsp3) is 0.300. The number of hydrogen-bond acceptors (Lipinski definition) is 1. The Balaban J connectivity index is 1.90.